The van der Waals surface area contributed by atoms with Crippen molar-refractivity contribution in [1.29, 1.82) is 0 Å². The lowest BCUT2D eigenvalue weighted by Gasteiger charge is -2.27. The van der Waals surface area contributed by atoms with E-state index in [9.17, 15) is 0 Å². The van der Waals surface area contributed by atoms with E-state index >= 15 is 0 Å². The zero-order valence-corrected chi connectivity index (χ0v) is 27.3. The molecule has 5 rings (SSSR count). The third kappa shape index (κ3) is 9.48. The van der Waals surface area contributed by atoms with Crippen LogP contribution in [0.25, 0.3) is 0 Å². The van der Waals surface area contributed by atoms with Gasteiger partial charge < -0.3 is 10.6 Å². The van der Waals surface area contributed by atoms with Crippen molar-refractivity contribution in [1.82, 2.24) is 20.4 Å². The summed E-state index contributed by atoms with van der Waals surface area (Å²) in [6, 6.07) is 17.6. The number of hydrogen-bond acceptors (Lipinski definition) is 8. The van der Waals surface area contributed by atoms with E-state index in [1.807, 2.05) is 0 Å². The molecule has 0 fully saturated rings. The van der Waals surface area contributed by atoms with E-state index in [0.29, 0.717) is 5.92 Å². The SMILES string of the molecule is Cc1ccc(CCN2CN=C(SCc3ccccc3CSC3=NCN(CCC4=CC=C(Br)C(C)C4)CN3)NC2)cc1. The van der Waals surface area contributed by atoms with E-state index in [1.165, 1.54) is 32.3 Å². The van der Waals surface area contributed by atoms with Crippen molar-refractivity contribution in [2.24, 2.45) is 15.9 Å². The Kier molecular flexibility index (Phi) is 11.5. The van der Waals surface area contributed by atoms with Gasteiger partial charge in [0, 0.05) is 24.6 Å². The lowest BCUT2D eigenvalue weighted by atomic mass is 9.94. The predicted molar refractivity (Wildman–Crippen MR) is 181 cm³/mol. The summed E-state index contributed by atoms with van der Waals surface area (Å²) in [4.78, 5) is 14.4. The lowest BCUT2D eigenvalue weighted by Crippen LogP contribution is -2.42. The average Bonchev–Trinajstić information content (AvgIpc) is 3.01. The summed E-state index contributed by atoms with van der Waals surface area (Å²) < 4.78 is 1.31. The Hall–Kier alpha value is -2.04. The first kappa shape index (κ1) is 30.4. The van der Waals surface area contributed by atoms with Crippen LogP contribution in [0.15, 0.2) is 80.7 Å². The van der Waals surface area contributed by atoms with Gasteiger partial charge in [-0.3, -0.25) is 9.80 Å². The number of aryl methyl sites for hydroxylation is 1. The van der Waals surface area contributed by atoms with Crippen LogP contribution >= 0.6 is 39.5 Å². The molecule has 0 saturated heterocycles. The highest BCUT2D eigenvalue weighted by Gasteiger charge is 2.17. The molecule has 2 heterocycles. The van der Waals surface area contributed by atoms with Crippen LogP contribution in [0.1, 0.15) is 42.0 Å². The summed E-state index contributed by atoms with van der Waals surface area (Å²) in [6.45, 7) is 9.71. The van der Waals surface area contributed by atoms with Crippen LogP contribution in [0.2, 0.25) is 0 Å². The van der Waals surface area contributed by atoms with Crippen LogP contribution < -0.4 is 10.6 Å². The van der Waals surface area contributed by atoms with Gasteiger partial charge in [0.25, 0.3) is 0 Å². The molecule has 218 valence electrons. The lowest BCUT2D eigenvalue weighted by molar-refractivity contribution is 0.268. The maximum Gasteiger partial charge on any atom is 0.159 e. The normalized spacial score (nSPS) is 19.9. The first-order valence-electron chi connectivity index (χ1n) is 14.5. The Balaban J connectivity index is 1.03. The van der Waals surface area contributed by atoms with Crippen LogP contribution in [-0.4, -0.2) is 59.9 Å². The highest BCUT2D eigenvalue weighted by molar-refractivity contribution is 9.11. The fourth-order valence-corrected chi connectivity index (χ4v) is 7.05. The van der Waals surface area contributed by atoms with Gasteiger partial charge in [0.05, 0.1) is 26.7 Å². The van der Waals surface area contributed by atoms with Gasteiger partial charge in [-0.25, -0.2) is 9.98 Å². The van der Waals surface area contributed by atoms with Crippen molar-refractivity contribution in [3.63, 3.8) is 0 Å². The summed E-state index contributed by atoms with van der Waals surface area (Å²) >= 11 is 7.26. The quantitative estimate of drug-likeness (QED) is 0.298. The van der Waals surface area contributed by atoms with E-state index in [-0.39, 0.29) is 0 Å². The predicted octanol–water partition coefficient (Wildman–Crippen LogP) is 6.69. The number of rotatable bonds is 10. The van der Waals surface area contributed by atoms with Crippen molar-refractivity contribution >= 4 is 49.8 Å². The Morgan fingerprint density at radius 1 is 0.829 bits per heavy atom. The van der Waals surface area contributed by atoms with Crippen LogP contribution in [0.5, 0.6) is 0 Å². The number of amidine groups is 2. The zero-order chi connectivity index (χ0) is 28.4. The van der Waals surface area contributed by atoms with Gasteiger partial charge in [-0.1, -0.05) is 118 Å². The maximum absolute atomic E-state index is 4.83. The van der Waals surface area contributed by atoms with Gasteiger partial charge in [-0.2, -0.15) is 0 Å². The standard InChI is InChI=1S/C32H41BrN6S2/c1-24-7-9-26(10-8-24)13-15-38-20-34-31(35-21-38)40-18-28-5-3-4-6-29(28)19-41-32-36-22-39(23-37-32)16-14-27-11-12-30(33)25(2)17-27/h3-12,25H,13-23H2,1-2H3,(H,34,35)(H,36,37). The topological polar surface area (TPSA) is 55.3 Å². The number of nitrogens with zero attached hydrogens (tertiary/aromatic N) is 4. The number of nitrogens with one attached hydrogen (secondary N) is 2. The van der Waals surface area contributed by atoms with Crippen molar-refractivity contribution < 1.29 is 0 Å². The molecule has 1 aliphatic carbocycles. The summed E-state index contributed by atoms with van der Waals surface area (Å²) in [5, 5.41) is 9.14. The van der Waals surface area contributed by atoms with Gasteiger partial charge in [0.1, 0.15) is 0 Å². The van der Waals surface area contributed by atoms with Gasteiger partial charge in [0.2, 0.25) is 0 Å². The molecule has 6 nitrogen and oxygen atoms in total. The number of thioether (sulfide) groups is 2. The molecule has 0 amide bonds. The minimum absolute atomic E-state index is 0.591. The molecule has 0 bridgehead atoms. The summed E-state index contributed by atoms with van der Waals surface area (Å²) in [6.07, 6.45) is 7.80. The Labute approximate surface area is 262 Å². The minimum Gasteiger partial charge on any atom is -0.352 e. The van der Waals surface area contributed by atoms with Gasteiger partial charge in [-0.15, -0.1) is 0 Å². The first-order valence-corrected chi connectivity index (χ1v) is 17.2. The summed E-state index contributed by atoms with van der Waals surface area (Å²) in [7, 11) is 0. The van der Waals surface area contributed by atoms with E-state index in [4.69, 9.17) is 9.98 Å². The van der Waals surface area contributed by atoms with Crippen molar-refractivity contribution in [3.05, 3.63) is 93.0 Å². The molecule has 1 atom stereocenters. The Bertz CT molecular complexity index is 1290. The summed E-state index contributed by atoms with van der Waals surface area (Å²) in [5.41, 5.74) is 6.96. The second-order valence-corrected chi connectivity index (χ2v) is 13.8. The molecule has 3 aliphatic rings. The number of allylic oxidation sites excluding steroid dienone is 3. The Morgan fingerprint density at radius 3 is 1.95 bits per heavy atom. The highest BCUT2D eigenvalue weighted by Crippen LogP contribution is 2.30. The molecule has 0 aromatic heterocycles. The van der Waals surface area contributed by atoms with Crippen LogP contribution in [0, 0.1) is 12.8 Å². The number of hydrogen-bond donors (Lipinski definition) is 2. The molecule has 0 radical (unpaired) electrons. The zero-order valence-electron chi connectivity index (χ0n) is 24.1. The molecule has 0 saturated carbocycles. The van der Waals surface area contributed by atoms with Gasteiger partial charge in [0.15, 0.2) is 10.3 Å². The number of aliphatic imine (C=N–C) groups is 2. The highest BCUT2D eigenvalue weighted by atomic mass is 79.9. The largest absolute Gasteiger partial charge is 0.352 e. The monoisotopic (exact) mass is 652 g/mol. The van der Waals surface area contributed by atoms with Crippen molar-refractivity contribution in [2.75, 3.05) is 39.8 Å². The molecule has 2 aromatic rings. The van der Waals surface area contributed by atoms with E-state index in [0.717, 1.165) is 80.9 Å². The fraction of sp³-hybridized carbons (Fsp3) is 0.438. The molecule has 41 heavy (non-hydrogen) atoms. The van der Waals surface area contributed by atoms with Gasteiger partial charge in [-0.05, 0) is 53.3 Å². The molecule has 2 aromatic carbocycles. The fourth-order valence-electron chi connectivity index (χ4n) is 4.97. The van der Waals surface area contributed by atoms with E-state index in [2.05, 4.69) is 111 Å². The smallest absolute Gasteiger partial charge is 0.159 e. The van der Waals surface area contributed by atoms with Crippen LogP contribution in [-0.2, 0) is 17.9 Å². The van der Waals surface area contributed by atoms with Crippen LogP contribution in [0.4, 0.5) is 0 Å². The molecule has 0 spiro atoms. The third-order valence-electron chi connectivity index (χ3n) is 7.69. The second kappa shape index (κ2) is 15.4. The van der Waals surface area contributed by atoms with Gasteiger partial charge >= 0.3 is 0 Å². The van der Waals surface area contributed by atoms with E-state index < -0.39 is 0 Å². The Morgan fingerprint density at radius 2 is 1.41 bits per heavy atom. The van der Waals surface area contributed by atoms with Crippen molar-refractivity contribution in [3.8, 4) is 0 Å². The summed E-state index contributed by atoms with van der Waals surface area (Å²) in [5.74, 6) is 2.43. The third-order valence-corrected chi connectivity index (χ3v) is 10.7. The van der Waals surface area contributed by atoms with Crippen molar-refractivity contribution in [2.45, 2.75) is 44.6 Å². The first-order chi connectivity index (χ1) is 20.0. The maximum atomic E-state index is 4.83. The molecule has 2 N–H and O–H groups in total. The van der Waals surface area contributed by atoms with E-state index in [1.54, 1.807) is 23.5 Å². The van der Waals surface area contributed by atoms with Crippen LogP contribution in [0.3, 0.4) is 0 Å². The molecular weight excluding hydrogens is 612 g/mol. The molecular formula is C32H41BrN6S2. The molecule has 9 heteroatoms. The molecule has 2 aliphatic heterocycles. The number of halogens is 1. The number of benzene rings is 2. The second-order valence-electron chi connectivity index (χ2n) is 11.0. The minimum atomic E-state index is 0.591. The average molecular weight is 654 g/mol. The molecule has 1 unspecified atom stereocenters.